The number of nitrogens with zero attached hydrogens (tertiary/aromatic N) is 1. The molecular formula is C10H19N3O3. The number of methoxy groups -OCH3 is 1. The fourth-order valence-electron chi connectivity index (χ4n) is 1.92. The first kappa shape index (κ1) is 12.9. The van der Waals surface area contributed by atoms with Crippen molar-refractivity contribution in [2.75, 3.05) is 33.3 Å². The standard InChI is InChI=1S/C10H19N3O3/c1-16-10(15)7-13(6-9(11)14)8-2-4-12-5-3-8/h8,12H,2-7H2,1H3,(H2,11,14). The summed E-state index contributed by atoms with van der Waals surface area (Å²) in [7, 11) is 1.34. The smallest absolute Gasteiger partial charge is 0.319 e. The molecule has 1 aliphatic heterocycles. The molecule has 0 aromatic carbocycles. The second kappa shape index (κ2) is 6.44. The molecule has 1 heterocycles. The number of carbonyl (C=O) groups is 2. The van der Waals surface area contributed by atoms with Gasteiger partial charge in [0.2, 0.25) is 5.91 Å². The van der Waals surface area contributed by atoms with Crippen LogP contribution in [0.15, 0.2) is 0 Å². The molecule has 0 atom stereocenters. The summed E-state index contributed by atoms with van der Waals surface area (Å²) >= 11 is 0. The summed E-state index contributed by atoms with van der Waals surface area (Å²) in [6.07, 6.45) is 1.84. The van der Waals surface area contributed by atoms with Crippen molar-refractivity contribution in [3.63, 3.8) is 0 Å². The number of nitrogens with two attached hydrogens (primary N) is 1. The summed E-state index contributed by atoms with van der Waals surface area (Å²) in [5.41, 5.74) is 5.17. The van der Waals surface area contributed by atoms with Gasteiger partial charge in [0.15, 0.2) is 0 Å². The molecule has 1 amide bonds. The number of ether oxygens (including phenoxy) is 1. The van der Waals surface area contributed by atoms with Crippen LogP contribution in [0.25, 0.3) is 0 Å². The van der Waals surface area contributed by atoms with Crippen molar-refractivity contribution in [3.8, 4) is 0 Å². The lowest BCUT2D eigenvalue weighted by atomic mass is 10.0. The number of nitrogens with one attached hydrogen (secondary N) is 1. The van der Waals surface area contributed by atoms with Gasteiger partial charge in [0.05, 0.1) is 20.2 Å². The first-order valence-corrected chi connectivity index (χ1v) is 5.43. The van der Waals surface area contributed by atoms with Crippen LogP contribution in [0.4, 0.5) is 0 Å². The van der Waals surface area contributed by atoms with E-state index in [-0.39, 0.29) is 25.1 Å². The SMILES string of the molecule is COC(=O)CN(CC(N)=O)C1CCNCC1. The van der Waals surface area contributed by atoms with Gasteiger partial charge in [-0.05, 0) is 25.9 Å². The molecule has 6 nitrogen and oxygen atoms in total. The Kier molecular flexibility index (Phi) is 5.21. The van der Waals surface area contributed by atoms with Crippen molar-refractivity contribution in [2.24, 2.45) is 5.73 Å². The van der Waals surface area contributed by atoms with E-state index in [1.54, 1.807) is 4.90 Å². The Hall–Kier alpha value is -1.14. The topological polar surface area (TPSA) is 84.7 Å². The Balaban J connectivity index is 2.53. The van der Waals surface area contributed by atoms with E-state index in [0.717, 1.165) is 25.9 Å². The van der Waals surface area contributed by atoms with Crippen LogP contribution in [0.5, 0.6) is 0 Å². The molecule has 0 aromatic rings. The van der Waals surface area contributed by atoms with E-state index >= 15 is 0 Å². The molecule has 0 unspecified atom stereocenters. The average Bonchev–Trinajstić information content (AvgIpc) is 2.28. The highest BCUT2D eigenvalue weighted by molar-refractivity contribution is 5.77. The normalized spacial score (nSPS) is 17.4. The molecule has 1 fully saturated rings. The first-order chi connectivity index (χ1) is 7.63. The van der Waals surface area contributed by atoms with E-state index in [1.807, 2.05) is 0 Å². The zero-order valence-electron chi connectivity index (χ0n) is 9.57. The molecule has 0 radical (unpaired) electrons. The highest BCUT2D eigenvalue weighted by atomic mass is 16.5. The number of piperidine rings is 1. The number of rotatable bonds is 5. The Labute approximate surface area is 95.1 Å². The maximum absolute atomic E-state index is 11.2. The minimum Gasteiger partial charge on any atom is -0.468 e. The van der Waals surface area contributed by atoms with Gasteiger partial charge in [-0.3, -0.25) is 14.5 Å². The lowest BCUT2D eigenvalue weighted by molar-refractivity contribution is -0.143. The van der Waals surface area contributed by atoms with Crippen LogP contribution in [0, 0.1) is 0 Å². The third-order valence-electron chi connectivity index (χ3n) is 2.74. The van der Waals surface area contributed by atoms with Gasteiger partial charge in [-0.25, -0.2) is 0 Å². The van der Waals surface area contributed by atoms with Crippen LogP contribution < -0.4 is 11.1 Å². The maximum atomic E-state index is 11.2. The lowest BCUT2D eigenvalue weighted by Crippen LogP contribution is -2.48. The Morgan fingerprint density at radius 3 is 2.50 bits per heavy atom. The first-order valence-electron chi connectivity index (χ1n) is 5.43. The van der Waals surface area contributed by atoms with Gasteiger partial charge in [0.25, 0.3) is 0 Å². The van der Waals surface area contributed by atoms with Crippen LogP contribution in [0.3, 0.4) is 0 Å². The molecule has 3 N–H and O–H groups in total. The number of hydrogen-bond acceptors (Lipinski definition) is 5. The summed E-state index contributed by atoms with van der Waals surface area (Å²) in [6.45, 7) is 2.05. The van der Waals surface area contributed by atoms with Crippen molar-refractivity contribution >= 4 is 11.9 Å². The number of primary amides is 1. The minimum atomic E-state index is -0.414. The van der Waals surface area contributed by atoms with Crippen molar-refractivity contribution in [3.05, 3.63) is 0 Å². The largest absolute Gasteiger partial charge is 0.468 e. The highest BCUT2D eigenvalue weighted by Crippen LogP contribution is 2.11. The molecule has 1 saturated heterocycles. The minimum absolute atomic E-state index is 0.111. The quantitative estimate of drug-likeness (QED) is 0.572. The van der Waals surface area contributed by atoms with E-state index in [0.29, 0.717) is 0 Å². The van der Waals surface area contributed by atoms with Gasteiger partial charge < -0.3 is 15.8 Å². The third kappa shape index (κ3) is 4.16. The van der Waals surface area contributed by atoms with E-state index in [2.05, 4.69) is 10.1 Å². The Morgan fingerprint density at radius 2 is 2.00 bits per heavy atom. The predicted octanol–water partition coefficient (Wildman–Crippen LogP) is -1.30. The van der Waals surface area contributed by atoms with Crippen LogP contribution in [-0.2, 0) is 14.3 Å². The van der Waals surface area contributed by atoms with Gasteiger partial charge in [0.1, 0.15) is 0 Å². The van der Waals surface area contributed by atoms with E-state index in [9.17, 15) is 9.59 Å². The van der Waals surface area contributed by atoms with Crippen molar-refractivity contribution in [1.82, 2.24) is 10.2 Å². The van der Waals surface area contributed by atoms with Crippen LogP contribution in [-0.4, -0.2) is 56.1 Å². The molecule has 1 rings (SSSR count). The molecule has 92 valence electrons. The molecule has 6 heteroatoms. The van der Waals surface area contributed by atoms with Crippen molar-refractivity contribution in [2.45, 2.75) is 18.9 Å². The predicted molar refractivity (Wildman–Crippen MR) is 58.7 cm³/mol. The maximum Gasteiger partial charge on any atom is 0.319 e. The second-order valence-corrected chi connectivity index (χ2v) is 3.93. The molecular weight excluding hydrogens is 210 g/mol. The molecule has 0 aliphatic carbocycles. The fraction of sp³-hybridized carbons (Fsp3) is 0.800. The monoisotopic (exact) mass is 229 g/mol. The van der Waals surface area contributed by atoms with Gasteiger partial charge in [-0.15, -0.1) is 0 Å². The van der Waals surface area contributed by atoms with Gasteiger partial charge >= 0.3 is 5.97 Å². The molecule has 0 bridgehead atoms. The molecule has 0 spiro atoms. The van der Waals surface area contributed by atoms with Crippen molar-refractivity contribution in [1.29, 1.82) is 0 Å². The number of carbonyl (C=O) groups excluding carboxylic acids is 2. The molecule has 1 aliphatic rings. The third-order valence-corrected chi connectivity index (χ3v) is 2.74. The summed E-state index contributed by atoms with van der Waals surface area (Å²) < 4.78 is 4.60. The van der Waals surface area contributed by atoms with Gasteiger partial charge in [-0.1, -0.05) is 0 Å². The Morgan fingerprint density at radius 1 is 1.38 bits per heavy atom. The van der Waals surface area contributed by atoms with Gasteiger partial charge in [-0.2, -0.15) is 0 Å². The zero-order valence-corrected chi connectivity index (χ0v) is 9.57. The number of amides is 1. The Bertz CT molecular complexity index is 252. The van der Waals surface area contributed by atoms with Crippen LogP contribution >= 0.6 is 0 Å². The summed E-state index contributed by atoms with van der Waals surface area (Å²) in [4.78, 5) is 24.0. The van der Waals surface area contributed by atoms with Crippen molar-refractivity contribution < 1.29 is 14.3 Å². The molecule has 16 heavy (non-hydrogen) atoms. The van der Waals surface area contributed by atoms with E-state index in [1.165, 1.54) is 7.11 Å². The van der Waals surface area contributed by atoms with Gasteiger partial charge in [0, 0.05) is 6.04 Å². The van der Waals surface area contributed by atoms with E-state index in [4.69, 9.17) is 5.73 Å². The number of hydrogen-bond donors (Lipinski definition) is 2. The zero-order chi connectivity index (χ0) is 12.0. The van der Waals surface area contributed by atoms with Crippen LogP contribution in [0.1, 0.15) is 12.8 Å². The summed E-state index contributed by atoms with van der Waals surface area (Å²) in [5, 5.41) is 3.23. The molecule has 0 saturated carbocycles. The van der Waals surface area contributed by atoms with Crippen LogP contribution in [0.2, 0.25) is 0 Å². The summed E-state index contributed by atoms with van der Waals surface area (Å²) in [5.74, 6) is -0.748. The summed E-state index contributed by atoms with van der Waals surface area (Å²) in [6, 6.07) is 0.229. The lowest BCUT2D eigenvalue weighted by Gasteiger charge is -2.32. The highest BCUT2D eigenvalue weighted by Gasteiger charge is 2.24. The fourth-order valence-corrected chi connectivity index (χ4v) is 1.92. The van der Waals surface area contributed by atoms with E-state index < -0.39 is 5.91 Å². The molecule has 0 aromatic heterocycles. The number of esters is 1. The average molecular weight is 229 g/mol. The second-order valence-electron chi connectivity index (χ2n) is 3.93.